The summed E-state index contributed by atoms with van der Waals surface area (Å²) in [5, 5.41) is 14.4. The maximum absolute atomic E-state index is 11.4. The SMILES string of the molecule is CCCCN(CC)CCCc1cc(S(N)(=O)=O)ccc1C(=O)O. The zero-order valence-corrected chi connectivity index (χ0v) is 14.6. The molecule has 23 heavy (non-hydrogen) atoms. The number of aromatic carboxylic acids is 1. The molecule has 1 rings (SSSR count). The summed E-state index contributed by atoms with van der Waals surface area (Å²) in [6.45, 7) is 7.07. The number of primary sulfonamides is 1. The van der Waals surface area contributed by atoms with E-state index in [-0.39, 0.29) is 10.5 Å². The summed E-state index contributed by atoms with van der Waals surface area (Å²) in [4.78, 5) is 13.6. The summed E-state index contributed by atoms with van der Waals surface area (Å²) in [6, 6.07) is 3.93. The molecule has 0 saturated heterocycles. The monoisotopic (exact) mass is 342 g/mol. The molecule has 0 bridgehead atoms. The Morgan fingerprint density at radius 2 is 1.87 bits per heavy atom. The molecule has 130 valence electrons. The minimum atomic E-state index is -3.83. The molecular formula is C16H26N2O4S. The third-order valence-corrected chi connectivity index (χ3v) is 4.74. The summed E-state index contributed by atoms with van der Waals surface area (Å²) in [5.74, 6) is -1.06. The molecule has 0 atom stereocenters. The van der Waals surface area contributed by atoms with Crippen LogP contribution in [0.2, 0.25) is 0 Å². The average molecular weight is 342 g/mol. The maximum atomic E-state index is 11.4. The fraction of sp³-hybridized carbons (Fsp3) is 0.562. The molecule has 0 radical (unpaired) electrons. The van der Waals surface area contributed by atoms with Gasteiger partial charge in [0.25, 0.3) is 0 Å². The highest BCUT2D eigenvalue weighted by Gasteiger charge is 2.15. The van der Waals surface area contributed by atoms with Gasteiger partial charge in [-0.25, -0.2) is 18.4 Å². The van der Waals surface area contributed by atoms with Gasteiger partial charge < -0.3 is 10.0 Å². The normalized spacial score (nSPS) is 11.8. The highest BCUT2D eigenvalue weighted by atomic mass is 32.2. The molecule has 1 aromatic carbocycles. The number of nitrogens with zero attached hydrogens (tertiary/aromatic N) is 1. The van der Waals surface area contributed by atoms with E-state index in [9.17, 15) is 18.3 Å². The van der Waals surface area contributed by atoms with Crippen molar-refractivity contribution < 1.29 is 18.3 Å². The van der Waals surface area contributed by atoms with Crippen LogP contribution in [-0.2, 0) is 16.4 Å². The first-order valence-electron chi connectivity index (χ1n) is 7.91. The minimum absolute atomic E-state index is 0.0455. The molecule has 0 aliphatic heterocycles. The van der Waals surface area contributed by atoms with Crippen LogP contribution >= 0.6 is 0 Å². The van der Waals surface area contributed by atoms with E-state index in [4.69, 9.17) is 5.14 Å². The summed E-state index contributed by atoms with van der Waals surface area (Å²) >= 11 is 0. The van der Waals surface area contributed by atoms with Crippen molar-refractivity contribution in [3.63, 3.8) is 0 Å². The van der Waals surface area contributed by atoms with Crippen LogP contribution in [0.25, 0.3) is 0 Å². The van der Waals surface area contributed by atoms with Crippen molar-refractivity contribution in [2.45, 2.75) is 44.4 Å². The first-order valence-corrected chi connectivity index (χ1v) is 9.45. The second kappa shape index (κ2) is 9.00. The van der Waals surface area contributed by atoms with Crippen molar-refractivity contribution in [3.05, 3.63) is 29.3 Å². The van der Waals surface area contributed by atoms with Gasteiger partial charge in [-0.2, -0.15) is 0 Å². The van der Waals surface area contributed by atoms with E-state index in [1.165, 1.54) is 18.2 Å². The lowest BCUT2D eigenvalue weighted by molar-refractivity contribution is 0.0695. The lowest BCUT2D eigenvalue weighted by Gasteiger charge is -2.20. The van der Waals surface area contributed by atoms with Gasteiger partial charge in [0.2, 0.25) is 10.0 Å². The fourth-order valence-corrected chi connectivity index (χ4v) is 3.03. The van der Waals surface area contributed by atoms with Crippen LogP contribution in [0.3, 0.4) is 0 Å². The molecule has 0 aliphatic carbocycles. The Kier molecular flexibility index (Phi) is 7.67. The smallest absolute Gasteiger partial charge is 0.335 e. The lowest BCUT2D eigenvalue weighted by atomic mass is 10.0. The number of hydrogen-bond donors (Lipinski definition) is 2. The molecule has 0 heterocycles. The molecule has 1 aromatic rings. The molecule has 7 heteroatoms. The number of aryl methyl sites for hydroxylation is 1. The first-order chi connectivity index (χ1) is 10.8. The number of sulfonamides is 1. The summed E-state index contributed by atoms with van der Waals surface area (Å²) < 4.78 is 22.9. The number of carboxylic acids is 1. The minimum Gasteiger partial charge on any atom is -0.478 e. The molecule has 0 unspecified atom stereocenters. The van der Waals surface area contributed by atoms with Gasteiger partial charge in [0, 0.05) is 0 Å². The number of carbonyl (C=O) groups is 1. The van der Waals surface area contributed by atoms with E-state index in [0.717, 1.165) is 38.9 Å². The van der Waals surface area contributed by atoms with Crippen LogP contribution < -0.4 is 5.14 Å². The zero-order valence-electron chi connectivity index (χ0n) is 13.8. The molecule has 6 nitrogen and oxygen atoms in total. The lowest BCUT2D eigenvalue weighted by Crippen LogP contribution is -2.26. The van der Waals surface area contributed by atoms with E-state index in [1.807, 2.05) is 0 Å². The standard InChI is InChI=1S/C16H26N2O4S/c1-3-5-10-18(4-2)11-6-7-13-12-14(23(17,21)22)8-9-15(13)16(19)20/h8-9,12H,3-7,10-11H2,1-2H3,(H,19,20)(H2,17,21,22). The highest BCUT2D eigenvalue weighted by molar-refractivity contribution is 7.89. The Morgan fingerprint density at radius 1 is 1.22 bits per heavy atom. The van der Waals surface area contributed by atoms with Crippen LogP contribution in [0.4, 0.5) is 0 Å². The predicted octanol–water partition coefficient (Wildman–Crippen LogP) is 2.09. The Bertz CT molecular complexity index is 629. The van der Waals surface area contributed by atoms with Gasteiger partial charge in [-0.3, -0.25) is 0 Å². The van der Waals surface area contributed by atoms with Crippen molar-refractivity contribution in [1.29, 1.82) is 0 Å². The quantitative estimate of drug-likeness (QED) is 0.678. The largest absolute Gasteiger partial charge is 0.478 e. The molecule has 0 amide bonds. The predicted molar refractivity (Wildman–Crippen MR) is 90.1 cm³/mol. The third kappa shape index (κ3) is 6.29. The van der Waals surface area contributed by atoms with Crippen molar-refractivity contribution in [1.82, 2.24) is 4.90 Å². The molecule has 3 N–H and O–H groups in total. The van der Waals surface area contributed by atoms with E-state index in [1.54, 1.807) is 0 Å². The van der Waals surface area contributed by atoms with Crippen LogP contribution in [-0.4, -0.2) is 44.0 Å². The van der Waals surface area contributed by atoms with Crippen LogP contribution in [0.1, 0.15) is 49.0 Å². The van der Waals surface area contributed by atoms with Crippen LogP contribution in [0, 0.1) is 0 Å². The maximum Gasteiger partial charge on any atom is 0.335 e. The number of benzene rings is 1. The van der Waals surface area contributed by atoms with Gasteiger partial charge in [0.05, 0.1) is 10.5 Å². The molecule has 0 aromatic heterocycles. The Morgan fingerprint density at radius 3 is 2.39 bits per heavy atom. The van der Waals surface area contributed by atoms with Gasteiger partial charge in [-0.05, 0) is 62.7 Å². The number of rotatable bonds is 10. The number of unbranched alkanes of at least 4 members (excludes halogenated alkanes) is 1. The van der Waals surface area contributed by atoms with Gasteiger partial charge >= 0.3 is 5.97 Å². The van der Waals surface area contributed by atoms with Gasteiger partial charge in [-0.1, -0.05) is 20.3 Å². The third-order valence-electron chi connectivity index (χ3n) is 3.83. The van der Waals surface area contributed by atoms with Crippen molar-refractivity contribution >= 4 is 16.0 Å². The van der Waals surface area contributed by atoms with Crippen molar-refractivity contribution in [3.8, 4) is 0 Å². The summed E-state index contributed by atoms with van der Waals surface area (Å²) in [5.41, 5.74) is 0.643. The average Bonchev–Trinajstić information content (AvgIpc) is 2.49. The number of carboxylic acid groups (broad SMARTS) is 1. The van der Waals surface area contributed by atoms with E-state index in [2.05, 4.69) is 18.7 Å². The molecule has 0 saturated carbocycles. The molecule has 0 spiro atoms. The van der Waals surface area contributed by atoms with Crippen molar-refractivity contribution in [2.24, 2.45) is 5.14 Å². The number of hydrogen-bond acceptors (Lipinski definition) is 4. The zero-order chi connectivity index (χ0) is 17.5. The van der Waals surface area contributed by atoms with E-state index < -0.39 is 16.0 Å². The summed E-state index contributed by atoms with van der Waals surface area (Å²) in [7, 11) is -3.83. The topological polar surface area (TPSA) is 101 Å². The molecule has 0 fully saturated rings. The van der Waals surface area contributed by atoms with Gasteiger partial charge in [0.15, 0.2) is 0 Å². The molecule has 0 aliphatic rings. The highest BCUT2D eigenvalue weighted by Crippen LogP contribution is 2.17. The van der Waals surface area contributed by atoms with Crippen LogP contribution in [0.5, 0.6) is 0 Å². The number of nitrogens with two attached hydrogens (primary N) is 1. The second-order valence-corrected chi connectivity index (χ2v) is 7.12. The fourth-order valence-electron chi connectivity index (χ4n) is 2.47. The first kappa shape index (κ1) is 19.6. The van der Waals surface area contributed by atoms with Gasteiger partial charge in [0.1, 0.15) is 0 Å². The second-order valence-electron chi connectivity index (χ2n) is 5.56. The van der Waals surface area contributed by atoms with E-state index in [0.29, 0.717) is 12.0 Å². The summed E-state index contributed by atoms with van der Waals surface area (Å²) in [6.07, 6.45) is 3.55. The van der Waals surface area contributed by atoms with Crippen molar-refractivity contribution in [2.75, 3.05) is 19.6 Å². The van der Waals surface area contributed by atoms with Crippen LogP contribution in [0.15, 0.2) is 23.1 Å². The van der Waals surface area contributed by atoms with E-state index >= 15 is 0 Å². The Balaban J connectivity index is 2.83. The molecular weight excluding hydrogens is 316 g/mol. The van der Waals surface area contributed by atoms with Gasteiger partial charge in [-0.15, -0.1) is 0 Å². The Labute approximate surface area is 138 Å². The Hall–Kier alpha value is -1.44.